The molecular formula is C18H17ClO4. The van der Waals surface area contributed by atoms with Gasteiger partial charge in [-0.15, -0.1) is 0 Å². The van der Waals surface area contributed by atoms with Crippen LogP contribution < -0.4 is 14.2 Å². The van der Waals surface area contributed by atoms with Crippen LogP contribution in [0.5, 0.6) is 17.2 Å². The summed E-state index contributed by atoms with van der Waals surface area (Å²) in [5, 5.41) is 0.417. The van der Waals surface area contributed by atoms with Crippen LogP contribution in [0.1, 0.15) is 15.9 Å². The van der Waals surface area contributed by atoms with Gasteiger partial charge >= 0.3 is 0 Å². The summed E-state index contributed by atoms with van der Waals surface area (Å²) in [5.41, 5.74) is 1.29. The highest BCUT2D eigenvalue weighted by Gasteiger charge is 2.10. The second-order valence-electron chi connectivity index (χ2n) is 4.67. The van der Waals surface area contributed by atoms with Gasteiger partial charge in [-0.3, -0.25) is 4.79 Å². The maximum atomic E-state index is 12.2. The third-order valence-electron chi connectivity index (χ3n) is 3.24. The van der Waals surface area contributed by atoms with Crippen molar-refractivity contribution in [3.63, 3.8) is 0 Å². The van der Waals surface area contributed by atoms with Gasteiger partial charge < -0.3 is 14.2 Å². The summed E-state index contributed by atoms with van der Waals surface area (Å²) in [5.74, 6) is 1.48. The van der Waals surface area contributed by atoms with Gasteiger partial charge in [0.05, 0.1) is 26.4 Å². The molecule has 0 spiro atoms. The zero-order valence-corrected chi connectivity index (χ0v) is 13.9. The maximum Gasteiger partial charge on any atom is 0.185 e. The second kappa shape index (κ2) is 7.70. The number of methoxy groups -OCH3 is 3. The van der Waals surface area contributed by atoms with Crippen LogP contribution >= 0.6 is 11.6 Å². The SMILES string of the molecule is COc1cccc(C(=O)/C=C/c2cc(Cl)c(OC)c(OC)c2)c1. The molecule has 0 fully saturated rings. The topological polar surface area (TPSA) is 44.8 Å². The van der Waals surface area contributed by atoms with Crippen molar-refractivity contribution >= 4 is 23.5 Å². The van der Waals surface area contributed by atoms with E-state index in [1.54, 1.807) is 49.6 Å². The van der Waals surface area contributed by atoms with Crippen LogP contribution in [0.2, 0.25) is 5.02 Å². The molecule has 2 aromatic rings. The fourth-order valence-corrected chi connectivity index (χ4v) is 2.37. The number of halogens is 1. The van der Waals surface area contributed by atoms with E-state index in [-0.39, 0.29) is 5.78 Å². The summed E-state index contributed by atoms with van der Waals surface area (Å²) in [6.07, 6.45) is 3.15. The van der Waals surface area contributed by atoms with Gasteiger partial charge in [-0.1, -0.05) is 29.8 Å². The van der Waals surface area contributed by atoms with E-state index in [0.29, 0.717) is 27.8 Å². The average molecular weight is 333 g/mol. The van der Waals surface area contributed by atoms with Crippen molar-refractivity contribution in [3.05, 3.63) is 58.6 Å². The molecule has 0 heterocycles. The van der Waals surface area contributed by atoms with Gasteiger partial charge in [0.25, 0.3) is 0 Å². The van der Waals surface area contributed by atoms with Crippen LogP contribution in [-0.2, 0) is 0 Å². The van der Waals surface area contributed by atoms with Crippen LogP contribution in [0.15, 0.2) is 42.5 Å². The normalized spacial score (nSPS) is 10.6. The van der Waals surface area contributed by atoms with Crippen molar-refractivity contribution in [3.8, 4) is 17.2 Å². The van der Waals surface area contributed by atoms with E-state index in [4.69, 9.17) is 25.8 Å². The average Bonchev–Trinajstić information content (AvgIpc) is 2.59. The first-order valence-corrected chi connectivity index (χ1v) is 7.24. The van der Waals surface area contributed by atoms with Gasteiger partial charge in [-0.25, -0.2) is 0 Å². The summed E-state index contributed by atoms with van der Waals surface area (Å²) < 4.78 is 15.5. The third kappa shape index (κ3) is 4.05. The fraction of sp³-hybridized carbons (Fsp3) is 0.167. The highest BCUT2D eigenvalue weighted by Crippen LogP contribution is 2.36. The first kappa shape index (κ1) is 16.9. The Morgan fingerprint density at radius 2 is 1.83 bits per heavy atom. The summed E-state index contributed by atoms with van der Waals surface area (Å²) >= 11 is 6.14. The lowest BCUT2D eigenvalue weighted by Gasteiger charge is -2.10. The Labute approximate surface area is 140 Å². The molecule has 0 radical (unpaired) electrons. The van der Waals surface area contributed by atoms with Crippen molar-refractivity contribution < 1.29 is 19.0 Å². The van der Waals surface area contributed by atoms with Crippen LogP contribution in [0.4, 0.5) is 0 Å². The van der Waals surface area contributed by atoms with Crippen molar-refractivity contribution in [2.24, 2.45) is 0 Å². The summed E-state index contributed by atoms with van der Waals surface area (Å²) in [6, 6.07) is 10.4. The van der Waals surface area contributed by atoms with E-state index in [9.17, 15) is 4.79 Å². The lowest BCUT2D eigenvalue weighted by atomic mass is 10.1. The van der Waals surface area contributed by atoms with Crippen molar-refractivity contribution in [1.29, 1.82) is 0 Å². The molecule has 0 aliphatic carbocycles. The predicted octanol–water partition coefficient (Wildman–Crippen LogP) is 4.26. The number of ether oxygens (including phenoxy) is 3. The van der Waals surface area contributed by atoms with E-state index < -0.39 is 0 Å². The number of benzene rings is 2. The minimum atomic E-state index is -0.130. The van der Waals surface area contributed by atoms with Crippen LogP contribution in [-0.4, -0.2) is 27.1 Å². The van der Waals surface area contributed by atoms with Crippen LogP contribution in [0.25, 0.3) is 6.08 Å². The molecule has 2 rings (SSSR count). The van der Waals surface area contributed by atoms with Gasteiger partial charge in [0, 0.05) is 5.56 Å². The fourth-order valence-electron chi connectivity index (χ4n) is 2.08. The molecule has 0 N–H and O–H groups in total. The molecule has 23 heavy (non-hydrogen) atoms. The van der Waals surface area contributed by atoms with Gasteiger partial charge in [0.1, 0.15) is 5.75 Å². The Morgan fingerprint density at radius 3 is 2.48 bits per heavy atom. The molecule has 0 atom stereocenters. The largest absolute Gasteiger partial charge is 0.497 e. The monoisotopic (exact) mass is 332 g/mol. The molecule has 4 nitrogen and oxygen atoms in total. The molecule has 0 saturated carbocycles. The maximum absolute atomic E-state index is 12.2. The molecule has 5 heteroatoms. The standard InChI is InChI=1S/C18H17ClO4/c1-21-14-6-4-5-13(11-14)16(20)8-7-12-9-15(19)18(23-3)17(10-12)22-2/h4-11H,1-3H3/b8-7+. The second-order valence-corrected chi connectivity index (χ2v) is 5.07. The number of hydrogen-bond acceptors (Lipinski definition) is 4. The Bertz CT molecular complexity index is 738. The minimum absolute atomic E-state index is 0.130. The molecule has 0 unspecified atom stereocenters. The lowest BCUT2D eigenvalue weighted by Crippen LogP contribution is -1.95. The lowest BCUT2D eigenvalue weighted by molar-refractivity contribution is 0.104. The Morgan fingerprint density at radius 1 is 1.04 bits per heavy atom. The molecule has 0 aliphatic rings. The molecule has 0 aromatic heterocycles. The van der Waals surface area contributed by atoms with Crippen LogP contribution in [0.3, 0.4) is 0 Å². The van der Waals surface area contributed by atoms with Crippen molar-refractivity contribution in [2.45, 2.75) is 0 Å². The molecule has 0 bridgehead atoms. The Hall–Kier alpha value is -2.46. The first-order chi connectivity index (χ1) is 11.1. The summed E-state index contributed by atoms with van der Waals surface area (Å²) in [7, 11) is 4.61. The third-order valence-corrected chi connectivity index (χ3v) is 3.52. The number of hydrogen-bond donors (Lipinski definition) is 0. The molecular weight excluding hydrogens is 316 g/mol. The van der Waals surface area contributed by atoms with Crippen molar-refractivity contribution in [1.82, 2.24) is 0 Å². The Balaban J connectivity index is 2.25. The van der Waals surface area contributed by atoms with E-state index >= 15 is 0 Å². The molecule has 0 amide bonds. The predicted molar refractivity (Wildman–Crippen MR) is 90.9 cm³/mol. The molecule has 2 aromatic carbocycles. The summed E-state index contributed by atoms with van der Waals surface area (Å²) in [6.45, 7) is 0. The van der Waals surface area contributed by atoms with Crippen molar-refractivity contribution in [2.75, 3.05) is 21.3 Å². The van der Waals surface area contributed by atoms with Gasteiger partial charge in [0.2, 0.25) is 0 Å². The smallest absolute Gasteiger partial charge is 0.185 e. The molecule has 0 saturated heterocycles. The molecule has 120 valence electrons. The van der Waals surface area contributed by atoms with E-state index in [0.717, 1.165) is 5.56 Å². The summed E-state index contributed by atoms with van der Waals surface area (Å²) in [4.78, 5) is 12.2. The van der Waals surface area contributed by atoms with Gasteiger partial charge in [0.15, 0.2) is 17.3 Å². The number of allylic oxidation sites excluding steroid dienone is 1. The zero-order valence-electron chi connectivity index (χ0n) is 13.1. The number of carbonyl (C=O) groups is 1. The highest BCUT2D eigenvalue weighted by molar-refractivity contribution is 6.32. The number of carbonyl (C=O) groups excluding carboxylic acids is 1. The number of rotatable bonds is 6. The van der Waals surface area contributed by atoms with E-state index in [1.165, 1.54) is 20.3 Å². The minimum Gasteiger partial charge on any atom is -0.497 e. The quantitative estimate of drug-likeness (QED) is 0.585. The van der Waals surface area contributed by atoms with Gasteiger partial charge in [-0.2, -0.15) is 0 Å². The first-order valence-electron chi connectivity index (χ1n) is 6.87. The van der Waals surface area contributed by atoms with E-state index in [2.05, 4.69) is 0 Å². The van der Waals surface area contributed by atoms with Gasteiger partial charge in [-0.05, 0) is 35.9 Å². The zero-order chi connectivity index (χ0) is 16.8. The highest BCUT2D eigenvalue weighted by atomic mass is 35.5. The van der Waals surface area contributed by atoms with Crippen LogP contribution in [0, 0.1) is 0 Å². The number of ketones is 1. The molecule has 0 aliphatic heterocycles. The Kier molecular flexibility index (Phi) is 5.66. The van der Waals surface area contributed by atoms with E-state index in [1.807, 2.05) is 0 Å².